The highest BCUT2D eigenvalue weighted by Gasteiger charge is 2.16. The van der Waals surface area contributed by atoms with Crippen LogP contribution in [0, 0.1) is 0 Å². The molecule has 1 aliphatic rings. The van der Waals surface area contributed by atoms with Crippen molar-refractivity contribution in [1.29, 1.82) is 0 Å². The number of hydrogen-bond acceptors (Lipinski definition) is 4. The Morgan fingerprint density at radius 1 is 1.30 bits per heavy atom. The zero-order valence-electron chi connectivity index (χ0n) is 12.1. The monoisotopic (exact) mass is 296 g/mol. The van der Waals surface area contributed by atoms with E-state index in [-0.39, 0.29) is 17.5 Å². The summed E-state index contributed by atoms with van der Waals surface area (Å²) in [7, 11) is -2.88. The first-order valence-corrected chi connectivity index (χ1v) is 9.16. The van der Waals surface area contributed by atoms with Gasteiger partial charge < -0.3 is 0 Å². The van der Waals surface area contributed by atoms with Crippen LogP contribution in [-0.4, -0.2) is 19.9 Å². The van der Waals surface area contributed by atoms with E-state index in [0.29, 0.717) is 6.42 Å². The second-order valence-electron chi connectivity index (χ2n) is 5.48. The minimum atomic E-state index is -2.88. The molecule has 1 aliphatic carbocycles. The normalized spacial score (nSPS) is 16.1. The van der Waals surface area contributed by atoms with Crippen LogP contribution in [0.5, 0.6) is 0 Å². The van der Waals surface area contributed by atoms with E-state index in [0.717, 1.165) is 12.8 Å². The van der Waals surface area contributed by atoms with E-state index in [2.05, 4.69) is 23.6 Å². The van der Waals surface area contributed by atoms with Crippen LogP contribution < -0.4 is 11.3 Å². The van der Waals surface area contributed by atoms with Gasteiger partial charge in [0, 0.05) is 11.8 Å². The van der Waals surface area contributed by atoms with Crippen molar-refractivity contribution >= 4 is 9.84 Å². The summed E-state index contributed by atoms with van der Waals surface area (Å²) in [4.78, 5) is 0. The van der Waals surface area contributed by atoms with Crippen LogP contribution in [0.1, 0.15) is 48.9 Å². The van der Waals surface area contributed by atoms with Gasteiger partial charge in [-0.25, -0.2) is 8.42 Å². The van der Waals surface area contributed by atoms with Crippen molar-refractivity contribution in [3.8, 4) is 0 Å². The second kappa shape index (κ2) is 6.70. The standard InChI is InChI=1S/C15H24N2O2S/c1-2-20(18,19)10-4-7-15(17-16)14-9-8-12-5-3-6-13(12)11-14/h8-9,11,15,17H,2-7,10,16H2,1H3. The van der Waals surface area contributed by atoms with Gasteiger partial charge in [0.25, 0.3) is 0 Å². The van der Waals surface area contributed by atoms with Crippen LogP contribution in [0.3, 0.4) is 0 Å². The van der Waals surface area contributed by atoms with E-state index < -0.39 is 9.84 Å². The molecule has 5 heteroatoms. The van der Waals surface area contributed by atoms with Crippen LogP contribution in [-0.2, 0) is 22.7 Å². The number of hydrazine groups is 1. The Kier molecular flexibility index (Phi) is 5.18. The Labute approximate surface area is 121 Å². The Balaban J connectivity index is 1.98. The number of fused-ring (bicyclic) bond motifs is 1. The van der Waals surface area contributed by atoms with E-state index in [1.165, 1.54) is 29.5 Å². The van der Waals surface area contributed by atoms with Gasteiger partial charge in [0.05, 0.1) is 5.75 Å². The number of benzene rings is 1. The average Bonchev–Trinajstić information content (AvgIpc) is 2.91. The van der Waals surface area contributed by atoms with Gasteiger partial charge in [0.1, 0.15) is 9.84 Å². The van der Waals surface area contributed by atoms with Crippen LogP contribution in [0.2, 0.25) is 0 Å². The predicted octanol–water partition coefficient (Wildman–Crippen LogP) is 1.89. The van der Waals surface area contributed by atoms with Crippen molar-refractivity contribution < 1.29 is 8.42 Å². The number of hydrogen-bond donors (Lipinski definition) is 2. The molecule has 4 nitrogen and oxygen atoms in total. The lowest BCUT2D eigenvalue weighted by Crippen LogP contribution is -2.28. The second-order valence-corrected chi connectivity index (χ2v) is 7.95. The first kappa shape index (κ1) is 15.5. The maximum absolute atomic E-state index is 11.5. The minimum absolute atomic E-state index is 0.0351. The molecule has 1 aromatic carbocycles. The van der Waals surface area contributed by atoms with Crippen LogP contribution in [0.15, 0.2) is 18.2 Å². The van der Waals surface area contributed by atoms with E-state index in [4.69, 9.17) is 5.84 Å². The molecule has 0 aliphatic heterocycles. The third-order valence-corrected chi connectivity index (χ3v) is 5.90. The highest BCUT2D eigenvalue weighted by Crippen LogP contribution is 2.27. The smallest absolute Gasteiger partial charge is 0.150 e. The van der Waals surface area contributed by atoms with Crippen LogP contribution >= 0.6 is 0 Å². The van der Waals surface area contributed by atoms with E-state index in [1.54, 1.807) is 6.92 Å². The molecule has 0 fully saturated rings. The van der Waals surface area contributed by atoms with E-state index >= 15 is 0 Å². The summed E-state index contributed by atoms with van der Waals surface area (Å²) in [5.41, 5.74) is 6.85. The molecule has 20 heavy (non-hydrogen) atoms. The lowest BCUT2D eigenvalue weighted by molar-refractivity contribution is 0.507. The molecule has 3 N–H and O–H groups in total. The van der Waals surface area contributed by atoms with E-state index in [9.17, 15) is 8.42 Å². The number of sulfone groups is 1. The third-order valence-electron chi connectivity index (χ3n) is 4.11. The van der Waals surface area contributed by atoms with Crippen molar-refractivity contribution in [1.82, 2.24) is 5.43 Å². The first-order chi connectivity index (χ1) is 9.55. The van der Waals surface area contributed by atoms with Crippen molar-refractivity contribution in [2.24, 2.45) is 5.84 Å². The van der Waals surface area contributed by atoms with Gasteiger partial charge in [0.15, 0.2) is 0 Å². The highest BCUT2D eigenvalue weighted by molar-refractivity contribution is 7.91. The Morgan fingerprint density at radius 2 is 2.05 bits per heavy atom. The fourth-order valence-corrected chi connectivity index (χ4v) is 3.70. The molecule has 0 bridgehead atoms. The lowest BCUT2D eigenvalue weighted by atomic mass is 9.98. The fourth-order valence-electron chi connectivity index (χ4n) is 2.81. The molecule has 0 amide bonds. The largest absolute Gasteiger partial charge is 0.271 e. The molecule has 0 spiro atoms. The molecule has 1 atom stereocenters. The molecule has 1 aromatic rings. The zero-order chi connectivity index (χ0) is 14.6. The summed E-state index contributed by atoms with van der Waals surface area (Å²) >= 11 is 0. The average molecular weight is 296 g/mol. The Hall–Kier alpha value is -0.910. The number of nitrogens with one attached hydrogen (secondary N) is 1. The summed E-state index contributed by atoms with van der Waals surface area (Å²) < 4.78 is 23.0. The van der Waals surface area contributed by atoms with Crippen LogP contribution in [0.4, 0.5) is 0 Å². The molecule has 0 saturated heterocycles. The van der Waals surface area contributed by atoms with Gasteiger partial charge in [-0.15, -0.1) is 0 Å². The topological polar surface area (TPSA) is 72.2 Å². The summed E-state index contributed by atoms with van der Waals surface area (Å²) in [6.07, 6.45) is 4.93. The third kappa shape index (κ3) is 3.81. The number of aryl methyl sites for hydroxylation is 2. The molecular formula is C15H24N2O2S. The lowest BCUT2D eigenvalue weighted by Gasteiger charge is -2.17. The number of rotatable bonds is 7. The molecule has 2 rings (SSSR count). The van der Waals surface area contributed by atoms with Gasteiger partial charge in [0.2, 0.25) is 0 Å². The minimum Gasteiger partial charge on any atom is -0.271 e. The van der Waals surface area contributed by atoms with Gasteiger partial charge in [-0.1, -0.05) is 25.1 Å². The summed E-state index contributed by atoms with van der Waals surface area (Å²) in [5, 5.41) is 0. The van der Waals surface area contributed by atoms with Gasteiger partial charge in [-0.2, -0.15) is 0 Å². The maximum Gasteiger partial charge on any atom is 0.150 e. The predicted molar refractivity (Wildman–Crippen MR) is 82.1 cm³/mol. The summed E-state index contributed by atoms with van der Waals surface area (Å²) in [6.45, 7) is 1.69. The fraction of sp³-hybridized carbons (Fsp3) is 0.600. The summed E-state index contributed by atoms with van der Waals surface area (Å²) in [5.74, 6) is 6.09. The van der Waals surface area contributed by atoms with Gasteiger partial charge >= 0.3 is 0 Å². The molecule has 1 unspecified atom stereocenters. The SMILES string of the molecule is CCS(=O)(=O)CCCC(NN)c1ccc2c(c1)CCC2. The van der Waals surface area contributed by atoms with Crippen molar-refractivity contribution in [3.05, 3.63) is 34.9 Å². The van der Waals surface area contributed by atoms with Gasteiger partial charge in [-0.3, -0.25) is 11.3 Å². The summed E-state index contributed by atoms with van der Waals surface area (Å²) in [6, 6.07) is 6.56. The Bertz CT molecular complexity index is 555. The molecule has 112 valence electrons. The van der Waals surface area contributed by atoms with E-state index in [1.807, 2.05) is 0 Å². The molecule has 0 heterocycles. The highest BCUT2D eigenvalue weighted by atomic mass is 32.2. The van der Waals surface area contributed by atoms with Crippen molar-refractivity contribution in [2.45, 2.75) is 45.1 Å². The number of nitrogens with two attached hydrogens (primary N) is 1. The zero-order valence-corrected chi connectivity index (χ0v) is 12.9. The van der Waals surface area contributed by atoms with Crippen molar-refractivity contribution in [3.63, 3.8) is 0 Å². The Morgan fingerprint density at radius 3 is 2.75 bits per heavy atom. The van der Waals surface area contributed by atoms with Crippen molar-refractivity contribution in [2.75, 3.05) is 11.5 Å². The molecule has 0 radical (unpaired) electrons. The van der Waals surface area contributed by atoms with Gasteiger partial charge in [-0.05, 0) is 48.8 Å². The molecular weight excluding hydrogens is 272 g/mol. The first-order valence-electron chi connectivity index (χ1n) is 7.34. The molecule has 0 saturated carbocycles. The van der Waals surface area contributed by atoms with Crippen LogP contribution in [0.25, 0.3) is 0 Å². The maximum atomic E-state index is 11.5. The quantitative estimate of drug-likeness (QED) is 0.595. The molecule has 0 aromatic heterocycles.